The van der Waals surface area contributed by atoms with Crippen molar-refractivity contribution in [3.63, 3.8) is 0 Å². The van der Waals surface area contributed by atoms with E-state index < -0.39 is 11.8 Å². The number of methoxy groups -OCH3 is 1. The van der Waals surface area contributed by atoms with Crippen molar-refractivity contribution in [1.29, 1.82) is 0 Å². The molecule has 15 heteroatoms. The zero-order valence-electron chi connectivity index (χ0n) is 31.3. The molecule has 6 aromatic rings. The molecule has 0 atom stereocenters. The second-order valence-corrected chi connectivity index (χ2v) is 12.6. The molecule has 4 aromatic heterocycles. The summed E-state index contributed by atoms with van der Waals surface area (Å²) in [5.41, 5.74) is 6.38. The van der Waals surface area contributed by atoms with E-state index >= 15 is 0 Å². The van der Waals surface area contributed by atoms with E-state index in [2.05, 4.69) is 20.2 Å². The average molecular weight is 723 g/mol. The largest absolute Gasteiger partial charge is 0.494 e. The maximum Gasteiger partial charge on any atom is 0.298 e. The Morgan fingerprint density at radius 2 is 1.25 bits per heavy atom. The number of aromatic nitrogens is 8. The van der Waals surface area contributed by atoms with Crippen LogP contribution in [0.4, 0.5) is 0 Å². The molecule has 1 N–H and O–H groups in total. The van der Waals surface area contributed by atoms with Crippen molar-refractivity contribution in [2.24, 2.45) is 24.1 Å². The maximum atomic E-state index is 13.7. The molecule has 0 spiro atoms. The van der Waals surface area contributed by atoms with Crippen molar-refractivity contribution in [2.75, 3.05) is 20.3 Å². The number of imidazole rings is 2. The first kappa shape index (κ1) is 36.8. The number of rotatable bonds is 13. The van der Waals surface area contributed by atoms with E-state index in [0.29, 0.717) is 73.3 Å². The van der Waals surface area contributed by atoms with Gasteiger partial charge in [0.25, 0.3) is 11.8 Å². The number of para-hydroxylation sites is 2. The fourth-order valence-electron chi connectivity index (χ4n) is 6.60. The SMILES string of the molecule is CCn1nc(C)cc1C(=O)/N=c1\n(C)c2cccc(OC)c2n1C/C=C/Cn1/c(=N/C(=O)c2cc(C)nn2CC)n(C)c2cccc(OCCCO)c21. The lowest BCUT2D eigenvalue weighted by Crippen LogP contribution is -2.27. The number of nitrogens with zero attached hydrogens (tertiary/aromatic N) is 10. The van der Waals surface area contributed by atoms with Crippen LogP contribution in [-0.4, -0.2) is 75.1 Å². The van der Waals surface area contributed by atoms with E-state index in [4.69, 9.17) is 9.47 Å². The molecular weight excluding hydrogens is 676 g/mol. The summed E-state index contributed by atoms with van der Waals surface area (Å²) < 4.78 is 22.8. The molecule has 0 aliphatic heterocycles. The van der Waals surface area contributed by atoms with Crippen LogP contribution in [0.15, 0.2) is 70.7 Å². The van der Waals surface area contributed by atoms with Crippen molar-refractivity contribution in [3.05, 3.63) is 94.7 Å². The minimum atomic E-state index is -0.409. The molecule has 6 rings (SSSR count). The summed E-state index contributed by atoms with van der Waals surface area (Å²) in [7, 11) is 5.35. The number of carbonyl (C=O) groups is 2. The van der Waals surface area contributed by atoms with E-state index in [0.717, 1.165) is 33.5 Å². The van der Waals surface area contributed by atoms with Gasteiger partial charge >= 0.3 is 0 Å². The Morgan fingerprint density at radius 1 is 0.774 bits per heavy atom. The van der Waals surface area contributed by atoms with E-state index in [-0.39, 0.29) is 6.61 Å². The topological polar surface area (TPSA) is 153 Å². The molecule has 2 aromatic carbocycles. The third-order valence-electron chi connectivity index (χ3n) is 9.07. The van der Waals surface area contributed by atoms with Crippen LogP contribution in [0.25, 0.3) is 22.1 Å². The molecule has 0 bridgehead atoms. The summed E-state index contributed by atoms with van der Waals surface area (Å²) in [5, 5.41) is 18.3. The predicted octanol–water partition coefficient (Wildman–Crippen LogP) is 3.83. The van der Waals surface area contributed by atoms with E-state index in [1.807, 2.05) is 109 Å². The van der Waals surface area contributed by atoms with Gasteiger partial charge in [-0.3, -0.25) is 19.0 Å². The fourth-order valence-corrected chi connectivity index (χ4v) is 6.60. The Morgan fingerprint density at radius 3 is 1.70 bits per heavy atom. The van der Waals surface area contributed by atoms with Gasteiger partial charge < -0.3 is 32.8 Å². The molecule has 278 valence electrons. The summed E-state index contributed by atoms with van der Waals surface area (Å²) in [6, 6.07) is 14.9. The number of amides is 2. The number of benzene rings is 2. The highest BCUT2D eigenvalue weighted by atomic mass is 16.5. The minimum Gasteiger partial charge on any atom is -0.494 e. The Kier molecular flexibility index (Phi) is 10.9. The summed E-state index contributed by atoms with van der Waals surface area (Å²) in [4.78, 5) is 36.5. The first-order chi connectivity index (χ1) is 25.6. The third-order valence-corrected chi connectivity index (χ3v) is 9.07. The zero-order valence-corrected chi connectivity index (χ0v) is 31.3. The molecule has 2 amide bonds. The summed E-state index contributed by atoms with van der Waals surface area (Å²) in [6.07, 6.45) is 4.44. The van der Waals surface area contributed by atoms with Crippen molar-refractivity contribution in [3.8, 4) is 11.5 Å². The number of aliphatic hydroxyl groups is 1. The van der Waals surface area contributed by atoms with Gasteiger partial charge in [0.2, 0.25) is 11.2 Å². The molecule has 0 saturated carbocycles. The monoisotopic (exact) mass is 722 g/mol. The molecule has 15 nitrogen and oxygen atoms in total. The molecule has 0 radical (unpaired) electrons. The van der Waals surface area contributed by atoms with Gasteiger partial charge in [-0.25, -0.2) is 0 Å². The fraction of sp³-hybridized carbons (Fsp3) is 0.368. The Labute approximate surface area is 306 Å². The molecule has 0 saturated heterocycles. The molecule has 0 fully saturated rings. The summed E-state index contributed by atoms with van der Waals surface area (Å²) in [6.45, 7) is 9.64. The summed E-state index contributed by atoms with van der Waals surface area (Å²) in [5.74, 6) is 0.445. The summed E-state index contributed by atoms with van der Waals surface area (Å²) >= 11 is 0. The van der Waals surface area contributed by atoms with Crippen LogP contribution in [0.2, 0.25) is 0 Å². The van der Waals surface area contributed by atoms with Crippen molar-refractivity contribution in [1.82, 2.24) is 37.8 Å². The molecule has 53 heavy (non-hydrogen) atoms. The van der Waals surface area contributed by atoms with Crippen molar-refractivity contribution in [2.45, 2.75) is 60.3 Å². The number of carbonyl (C=O) groups excluding carboxylic acids is 2. The quantitative estimate of drug-likeness (QED) is 0.141. The number of aliphatic hydroxyl groups excluding tert-OH is 1. The average Bonchev–Trinajstić information content (AvgIpc) is 3.88. The number of hydrogen-bond acceptors (Lipinski definition) is 7. The lowest BCUT2D eigenvalue weighted by molar-refractivity contribution is 0.0977. The van der Waals surface area contributed by atoms with Crippen LogP contribution in [0, 0.1) is 13.8 Å². The van der Waals surface area contributed by atoms with Gasteiger partial charge in [0, 0.05) is 53.3 Å². The van der Waals surface area contributed by atoms with Gasteiger partial charge in [-0.1, -0.05) is 24.3 Å². The highest BCUT2D eigenvalue weighted by molar-refractivity contribution is 5.94. The highest BCUT2D eigenvalue weighted by Crippen LogP contribution is 2.26. The van der Waals surface area contributed by atoms with E-state index in [1.54, 1.807) is 28.6 Å². The first-order valence-corrected chi connectivity index (χ1v) is 17.7. The van der Waals surface area contributed by atoms with Crippen LogP contribution in [-0.2, 0) is 40.3 Å². The second kappa shape index (κ2) is 15.7. The Bertz CT molecular complexity index is 2480. The Hall–Kier alpha value is -5.96. The van der Waals surface area contributed by atoms with Gasteiger partial charge in [0.15, 0.2) is 0 Å². The predicted molar refractivity (Wildman–Crippen MR) is 200 cm³/mol. The standard InChI is InChI=1S/C38H46N10O5/c1-8-47-29(23-25(3)41-47)35(50)39-37-43(5)27-15-12-17-31(52-7)33(27)45(37)19-10-11-20-46-34-28(16-13-18-32(34)53-22-14-21-49)44(6)38(46)40-36(51)30-24-26(4)42-48(30)9-2/h10-13,15-18,23-24,49H,8-9,14,19-22H2,1-7H3/b11-10+,39-37+,40-38+. The van der Waals surface area contributed by atoms with Gasteiger partial charge in [0.05, 0.1) is 36.1 Å². The van der Waals surface area contributed by atoms with Gasteiger partial charge in [0.1, 0.15) is 33.9 Å². The van der Waals surface area contributed by atoms with Gasteiger partial charge in [-0.2, -0.15) is 20.2 Å². The first-order valence-electron chi connectivity index (χ1n) is 17.7. The molecule has 0 unspecified atom stereocenters. The van der Waals surface area contributed by atoms with E-state index in [9.17, 15) is 14.7 Å². The number of aryl methyl sites for hydroxylation is 6. The maximum absolute atomic E-state index is 13.7. The second-order valence-electron chi connectivity index (χ2n) is 12.6. The third kappa shape index (κ3) is 7.11. The molecule has 0 aliphatic rings. The smallest absolute Gasteiger partial charge is 0.298 e. The molecule has 4 heterocycles. The van der Waals surface area contributed by atoms with E-state index in [1.165, 1.54) is 0 Å². The lowest BCUT2D eigenvalue weighted by Gasteiger charge is -2.09. The van der Waals surface area contributed by atoms with Crippen molar-refractivity contribution < 1.29 is 24.2 Å². The molecule has 0 aliphatic carbocycles. The van der Waals surface area contributed by atoms with Crippen molar-refractivity contribution >= 4 is 33.9 Å². The Balaban J connectivity index is 1.45. The number of ether oxygens (including phenoxy) is 2. The highest BCUT2D eigenvalue weighted by Gasteiger charge is 2.19. The van der Waals surface area contributed by atoms with Gasteiger partial charge in [-0.05, 0) is 64.1 Å². The number of fused-ring (bicyclic) bond motifs is 2. The van der Waals surface area contributed by atoms with Crippen LogP contribution in [0.3, 0.4) is 0 Å². The van der Waals surface area contributed by atoms with Crippen LogP contribution in [0.5, 0.6) is 11.5 Å². The minimum absolute atomic E-state index is 0.00544. The van der Waals surface area contributed by atoms with Crippen LogP contribution < -0.4 is 20.7 Å². The van der Waals surface area contributed by atoms with Gasteiger partial charge in [-0.15, -0.1) is 0 Å². The van der Waals surface area contributed by atoms with Crippen LogP contribution in [0.1, 0.15) is 52.6 Å². The number of allylic oxidation sites excluding steroid dienone is 2. The normalized spacial score (nSPS) is 12.6. The molecular formula is C38H46N10O5. The van der Waals surface area contributed by atoms with Crippen LogP contribution >= 0.6 is 0 Å². The lowest BCUT2D eigenvalue weighted by atomic mass is 10.2. The number of hydrogen-bond donors (Lipinski definition) is 1. The zero-order chi connectivity index (χ0) is 37.8.